The van der Waals surface area contributed by atoms with Crippen molar-refractivity contribution in [3.63, 3.8) is 0 Å². The minimum Gasteiger partial charge on any atom is -0.404 e. The molecular formula is C26H39BN2O4. The molecule has 0 aromatic heterocycles. The van der Waals surface area contributed by atoms with Crippen molar-refractivity contribution < 1.29 is 18.9 Å². The Bertz CT molecular complexity index is 876. The summed E-state index contributed by atoms with van der Waals surface area (Å²) in [5.74, 6) is 0.816. The van der Waals surface area contributed by atoms with E-state index in [4.69, 9.17) is 9.31 Å². The SMILES string of the molecule is CC(=O)N[C@@H](Cc1ccccc1)C(=O)N[C@@H](CC(C)C)B1OC2C[C@H]3C[C@H](C3(C)C)[C@@]2(C)O1. The number of carbonyl (C=O) groups is 2. The zero-order valence-electron chi connectivity index (χ0n) is 20.9. The molecule has 3 saturated carbocycles. The van der Waals surface area contributed by atoms with Crippen molar-refractivity contribution in [3.8, 4) is 0 Å². The van der Waals surface area contributed by atoms with Crippen molar-refractivity contribution in [1.29, 1.82) is 0 Å². The summed E-state index contributed by atoms with van der Waals surface area (Å²) in [4.78, 5) is 25.2. The first-order chi connectivity index (χ1) is 15.5. The van der Waals surface area contributed by atoms with Gasteiger partial charge in [-0.3, -0.25) is 9.59 Å². The van der Waals surface area contributed by atoms with Gasteiger partial charge in [-0.05, 0) is 54.9 Å². The highest BCUT2D eigenvalue weighted by Crippen LogP contribution is 2.65. The Hall–Kier alpha value is -1.86. The average molecular weight is 454 g/mol. The Balaban J connectivity index is 1.49. The van der Waals surface area contributed by atoms with Gasteiger partial charge in [0.05, 0.1) is 17.6 Å². The zero-order valence-corrected chi connectivity index (χ0v) is 20.9. The van der Waals surface area contributed by atoms with Gasteiger partial charge in [0.1, 0.15) is 6.04 Å². The molecule has 180 valence electrons. The smallest absolute Gasteiger partial charge is 0.404 e. The van der Waals surface area contributed by atoms with Crippen LogP contribution in [0.1, 0.15) is 66.4 Å². The first kappa shape index (κ1) is 24.3. The van der Waals surface area contributed by atoms with Gasteiger partial charge in [0.15, 0.2) is 0 Å². The Morgan fingerprint density at radius 1 is 1.12 bits per heavy atom. The van der Waals surface area contributed by atoms with Gasteiger partial charge in [-0.1, -0.05) is 58.0 Å². The number of rotatable bonds is 8. The molecule has 6 nitrogen and oxygen atoms in total. The second-order valence-electron chi connectivity index (χ2n) is 11.5. The van der Waals surface area contributed by atoms with Crippen LogP contribution in [-0.2, 0) is 25.3 Å². The van der Waals surface area contributed by atoms with Crippen molar-refractivity contribution >= 4 is 18.9 Å². The molecule has 2 amide bonds. The maximum atomic E-state index is 13.4. The van der Waals surface area contributed by atoms with Crippen molar-refractivity contribution in [2.45, 2.75) is 90.9 Å². The highest BCUT2D eigenvalue weighted by Gasteiger charge is 2.68. The van der Waals surface area contributed by atoms with Gasteiger partial charge in [0, 0.05) is 13.3 Å². The van der Waals surface area contributed by atoms with Crippen LogP contribution in [0.25, 0.3) is 0 Å². The molecule has 0 radical (unpaired) electrons. The molecule has 1 aromatic rings. The average Bonchev–Trinajstić information content (AvgIpc) is 3.10. The lowest BCUT2D eigenvalue weighted by molar-refractivity contribution is -0.199. The third-order valence-corrected chi connectivity index (χ3v) is 8.33. The summed E-state index contributed by atoms with van der Waals surface area (Å²) >= 11 is 0. The number of amides is 2. The summed E-state index contributed by atoms with van der Waals surface area (Å²) < 4.78 is 13.1. The quantitative estimate of drug-likeness (QED) is 0.590. The lowest BCUT2D eigenvalue weighted by atomic mass is 9.43. The fourth-order valence-electron chi connectivity index (χ4n) is 6.40. The molecule has 1 unspecified atom stereocenters. The first-order valence-electron chi connectivity index (χ1n) is 12.5. The monoisotopic (exact) mass is 454 g/mol. The van der Waals surface area contributed by atoms with Gasteiger partial charge >= 0.3 is 7.12 Å². The van der Waals surface area contributed by atoms with E-state index in [-0.39, 0.29) is 34.9 Å². The summed E-state index contributed by atoms with van der Waals surface area (Å²) in [6.45, 7) is 12.6. The minimum atomic E-state index is -0.648. The number of carbonyl (C=O) groups excluding carboxylic acids is 2. The van der Waals surface area contributed by atoms with Gasteiger partial charge in [-0.15, -0.1) is 0 Å². The normalized spacial score (nSPS) is 31.4. The van der Waals surface area contributed by atoms with Gasteiger partial charge in [-0.2, -0.15) is 0 Å². The molecule has 6 atom stereocenters. The van der Waals surface area contributed by atoms with Crippen LogP contribution in [0.5, 0.6) is 0 Å². The van der Waals surface area contributed by atoms with E-state index in [9.17, 15) is 9.59 Å². The summed E-state index contributed by atoms with van der Waals surface area (Å²) in [6, 6.07) is 9.11. The van der Waals surface area contributed by atoms with Crippen molar-refractivity contribution in [3.05, 3.63) is 35.9 Å². The molecule has 0 spiro atoms. The second kappa shape index (κ2) is 9.07. The summed E-state index contributed by atoms with van der Waals surface area (Å²) in [5, 5.41) is 6.02. The molecular weight excluding hydrogens is 415 g/mol. The predicted molar refractivity (Wildman–Crippen MR) is 129 cm³/mol. The molecule has 5 rings (SSSR count). The number of hydrogen-bond donors (Lipinski definition) is 2. The van der Waals surface area contributed by atoms with Gasteiger partial charge < -0.3 is 19.9 Å². The Morgan fingerprint density at radius 2 is 1.82 bits per heavy atom. The van der Waals surface area contributed by atoms with Gasteiger partial charge in [0.25, 0.3) is 0 Å². The van der Waals surface area contributed by atoms with Crippen LogP contribution >= 0.6 is 0 Å². The third-order valence-electron chi connectivity index (χ3n) is 8.33. The van der Waals surface area contributed by atoms with E-state index in [1.54, 1.807) is 0 Å². The van der Waals surface area contributed by atoms with Crippen LogP contribution in [0, 0.1) is 23.2 Å². The Kier molecular flexibility index (Phi) is 6.67. The predicted octanol–water partition coefficient (Wildman–Crippen LogP) is 3.53. The highest BCUT2D eigenvalue weighted by atomic mass is 16.7. The summed E-state index contributed by atoms with van der Waals surface area (Å²) in [6.07, 6.45) is 3.46. The van der Waals surface area contributed by atoms with E-state index in [1.807, 2.05) is 30.3 Å². The standard InChI is InChI=1S/C26H39BN2O4/c1-16(2)12-23(27-32-22-15-19-14-21(25(19,4)5)26(22,6)33-27)29-24(31)20(28-17(3)30)13-18-10-8-7-9-11-18/h7-11,16,19-23H,12-15H2,1-6H3,(H,28,30)(H,29,31)/t19-,20+,21-,22?,23+,26-/m1/s1. The first-order valence-corrected chi connectivity index (χ1v) is 12.5. The van der Waals surface area contributed by atoms with Crippen LogP contribution in [0.15, 0.2) is 30.3 Å². The number of benzene rings is 1. The molecule has 1 aliphatic heterocycles. The fraction of sp³-hybridized carbons (Fsp3) is 0.692. The maximum Gasteiger partial charge on any atom is 0.481 e. The van der Waals surface area contributed by atoms with Crippen LogP contribution in [0.3, 0.4) is 0 Å². The van der Waals surface area contributed by atoms with E-state index in [2.05, 4.69) is 45.3 Å². The molecule has 1 heterocycles. The van der Waals surface area contributed by atoms with Crippen molar-refractivity contribution in [1.82, 2.24) is 10.6 Å². The lowest BCUT2D eigenvalue weighted by Gasteiger charge is -2.64. The highest BCUT2D eigenvalue weighted by molar-refractivity contribution is 6.47. The zero-order chi connectivity index (χ0) is 24.0. The van der Waals surface area contributed by atoms with Gasteiger partial charge in [-0.25, -0.2) is 0 Å². The van der Waals surface area contributed by atoms with Crippen LogP contribution in [0.2, 0.25) is 0 Å². The summed E-state index contributed by atoms with van der Waals surface area (Å²) in [5.41, 5.74) is 0.955. The molecule has 7 heteroatoms. The Labute approximate surface area is 198 Å². The van der Waals surface area contributed by atoms with Crippen LogP contribution in [-0.4, -0.2) is 42.6 Å². The molecule has 1 aromatic carbocycles. The van der Waals surface area contributed by atoms with E-state index in [1.165, 1.54) is 13.3 Å². The molecule has 4 aliphatic rings. The number of nitrogens with one attached hydrogen (secondary N) is 2. The molecule has 4 fully saturated rings. The van der Waals surface area contributed by atoms with E-state index >= 15 is 0 Å². The van der Waals surface area contributed by atoms with E-state index < -0.39 is 13.2 Å². The summed E-state index contributed by atoms with van der Waals surface area (Å²) in [7, 11) is -0.476. The minimum absolute atomic E-state index is 0.0706. The molecule has 2 bridgehead atoms. The largest absolute Gasteiger partial charge is 0.481 e. The molecule has 33 heavy (non-hydrogen) atoms. The fourth-order valence-corrected chi connectivity index (χ4v) is 6.40. The van der Waals surface area contributed by atoms with Crippen molar-refractivity contribution in [2.24, 2.45) is 23.2 Å². The van der Waals surface area contributed by atoms with E-state index in [0.717, 1.165) is 18.4 Å². The lowest BCUT2D eigenvalue weighted by Crippen LogP contribution is -2.65. The molecule has 1 saturated heterocycles. The maximum absolute atomic E-state index is 13.4. The number of hydrogen-bond acceptors (Lipinski definition) is 4. The van der Waals surface area contributed by atoms with Crippen molar-refractivity contribution in [2.75, 3.05) is 0 Å². The third kappa shape index (κ3) is 4.72. The molecule has 2 N–H and O–H groups in total. The van der Waals surface area contributed by atoms with Gasteiger partial charge in [0.2, 0.25) is 11.8 Å². The van der Waals surface area contributed by atoms with E-state index in [0.29, 0.717) is 24.2 Å². The van der Waals surface area contributed by atoms with Crippen LogP contribution < -0.4 is 10.6 Å². The topological polar surface area (TPSA) is 76.7 Å². The second-order valence-corrected chi connectivity index (χ2v) is 11.5. The van der Waals surface area contributed by atoms with Crippen LogP contribution in [0.4, 0.5) is 0 Å². The molecule has 3 aliphatic carbocycles. The Morgan fingerprint density at radius 3 is 2.42 bits per heavy atom.